The molecule has 18 rings (SSSR count). The molecule has 8 nitrogen and oxygen atoms in total. The standard InChI is InChI=1S/C20H19N.2C18H17NS.C14H14N2.C12H11N3/c1-11-7-15-9-18-14(4)13(3)10-21-20(18)16-6-5-12(2)17(8-11)19(15)16;1-9-8-19-18-13-5-6-16-17(11(3)12(4)20-16)15(13)7-14(18)10(9)2;1-9-8-19-17-14-6-5-13-11(3)12(4)20-18(13)16(14)7-15(17)10(9)2;1-8-7-16-14-11-4-5-15-10(3)13(11)6-12(14)9(8)2;1-7-3-4-9-10(14-7)5-11-12(9)13-6-8(2)15-11/h5-8,10H,9H2,1-4H3;2*5-6,8H,7H2,1-4H3;4-5,7H,6H2,1-3H3;3-4,6H,5H2,1-2H3. The third-order valence-corrected chi connectivity index (χ3v) is 23.2. The van der Waals surface area contributed by atoms with Gasteiger partial charge in [0.1, 0.15) is 0 Å². The first kappa shape index (κ1) is 60.6. The first-order chi connectivity index (χ1) is 44.1. The number of hydrogen-bond acceptors (Lipinski definition) is 10. The molecule has 0 radical (unpaired) electrons. The molecule has 9 heterocycles. The molecule has 0 saturated carbocycles. The van der Waals surface area contributed by atoms with Crippen LogP contribution >= 0.6 is 22.7 Å². The monoisotopic (exact) mass is 1240 g/mol. The summed E-state index contributed by atoms with van der Waals surface area (Å²) < 4.78 is 2.88. The molecule has 0 fully saturated rings. The number of pyridine rings is 6. The Morgan fingerprint density at radius 2 is 0.837 bits per heavy atom. The van der Waals surface area contributed by atoms with Crippen LogP contribution in [0.1, 0.15) is 149 Å². The summed E-state index contributed by atoms with van der Waals surface area (Å²) in [6.45, 7) is 36.8. The highest BCUT2D eigenvalue weighted by atomic mass is 32.1. The van der Waals surface area contributed by atoms with Crippen molar-refractivity contribution in [2.45, 2.75) is 150 Å². The van der Waals surface area contributed by atoms with E-state index in [1.54, 1.807) is 0 Å². The summed E-state index contributed by atoms with van der Waals surface area (Å²) in [5.74, 6) is 0. The minimum atomic E-state index is 0.820. The number of nitrogens with zero attached hydrogens (tertiary/aromatic N) is 8. The second-order valence-corrected chi connectivity index (χ2v) is 28.9. The van der Waals surface area contributed by atoms with E-state index in [2.05, 4.69) is 189 Å². The number of aryl methyl sites for hydroxylation is 13. The van der Waals surface area contributed by atoms with Crippen LogP contribution in [0.25, 0.3) is 87.2 Å². The minimum absolute atomic E-state index is 0.820. The van der Waals surface area contributed by atoms with Gasteiger partial charge >= 0.3 is 0 Å². The van der Waals surface area contributed by atoms with Crippen molar-refractivity contribution in [3.05, 3.63) is 253 Å². The third kappa shape index (κ3) is 10.2. The topological polar surface area (TPSA) is 103 Å². The van der Waals surface area contributed by atoms with Crippen molar-refractivity contribution in [2.24, 2.45) is 0 Å². The maximum atomic E-state index is 4.76. The van der Waals surface area contributed by atoms with Crippen molar-refractivity contribution < 1.29 is 0 Å². The van der Waals surface area contributed by atoms with E-state index < -0.39 is 0 Å². The van der Waals surface area contributed by atoms with Crippen LogP contribution < -0.4 is 0 Å². The SMILES string of the molecule is Cc1cc2c3c(ccc(C)c3c1)-c1ncc(C)c(C)c1C2.Cc1ccc2c(n1)Cc1nc(C)cnc1-2.Cc1cnc2c(c1C)Cc1c-2ccc2c(C)c(C)sc12.Cc1cnc2c(c1C)Cc1c-2ccc2sc(C)c(C)c12.Cc1cnc2c(c1C)Cc1c-2ccnc1C. The number of fused-ring (bicyclic) bond motifs is 18. The van der Waals surface area contributed by atoms with Crippen LogP contribution in [0.4, 0.5) is 0 Å². The molecule has 0 saturated heterocycles. The molecule has 0 amide bonds. The predicted molar refractivity (Wildman–Crippen MR) is 385 cm³/mol. The van der Waals surface area contributed by atoms with Gasteiger partial charge in [-0.3, -0.25) is 39.9 Å². The van der Waals surface area contributed by atoms with E-state index in [0.717, 1.165) is 77.5 Å². The van der Waals surface area contributed by atoms with E-state index >= 15 is 0 Å². The van der Waals surface area contributed by atoms with Gasteiger partial charge in [-0.2, -0.15) is 0 Å². The lowest BCUT2D eigenvalue weighted by atomic mass is 9.82. The normalized spacial score (nSPS) is 12.6. The molecule has 0 bridgehead atoms. The van der Waals surface area contributed by atoms with Gasteiger partial charge in [-0.05, 0) is 269 Å². The lowest BCUT2D eigenvalue weighted by Gasteiger charge is -2.23. The smallest absolute Gasteiger partial charge is 0.0940 e. The molecule has 9 aromatic heterocycles. The van der Waals surface area contributed by atoms with Gasteiger partial charge < -0.3 is 0 Å². The Morgan fingerprint density at radius 3 is 1.48 bits per heavy atom. The fourth-order valence-corrected chi connectivity index (χ4v) is 16.9. The van der Waals surface area contributed by atoms with Gasteiger partial charge in [-0.25, -0.2) is 0 Å². The highest BCUT2D eigenvalue weighted by molar-refractivity contribution is 7.19. The van der Waals surface area contributed by atoms with E-state index in [0.29, 0.717) is 0 Å². The molecule has 0 atom stereocenters. The third-order valence-electron chi connectivity index (χ3n) is 20.7. The second-order valence-electron chi connectivity index (χ2n) is 26.4. The van der Waals surface area contributed by atoms with Crippen molar-refractivity contribution in [2.75, 3.05) is 0 Å². The summed E-state index contributed by atoms with van der Waals surface area (Å²) in [4.78, 5) is 39.4. The molecule has 4 aromatic carbocycles. The number of rotatable bonds is 0. The molecular formula is C82H78N8S2. The molecule has 5 aliphatic rings. The lowest BCUT2D eigenvalue weighted by Crippen LogP contribution is -2.07. The van der Waals surface area contributed by atoms with Crippen molar-refractivity contribution in [1.82, 2.24) is 39.9 Å². The molecule has 458 valence electrons. The van der Waals surface area contributed by atoms with Gasteiger partial charge in [0.05, 0.1) is 45.6 Å². The van der Waals surface area contributed by atoms with Crippen LogP contribution in [-0.2, 0) is 32.1 Å². The van der Waals surface area contributed by atoms with Crippen molar-refractivity contribution in [1.29, 1.82) is 0 Å². The second kappa shape index (κ2) is 23.3. The Labute approximate surface area is 549 Å². The van der Waals surface area contributed by atoms with Crippen molar-refractivity contribution in [3.8, 4) is 56.3 Å². The number of aromatic nitrogens is 8. The highest BCUT2D eigenvalue weighted by Crippen LogP contribution is 2.48. The number of thiophene rings is 2. The van der Waals surface area contributed by atoms with E-state index in [4.69, 9.17) is 15.0 Å². The Balaban J connectivity index is 0.000000100. The van der Waals surface area contributed by atoms with Crippen molar-refractivity contribution in [3.63, 3.8) is 0 Å². The van der Waals surface area contributed by atoms with Crippen LogP contribution in [0.5, 0.6) is 0 Å². The maximum Gasteiger partial charge on any atom is 0.0940 e. The summed E-state index contributed by atoms with van der Waals surface area (Å²) in [6.07, 6.45) is 16.6. The molecule has 5 aliphatic carbocycles. The zero-order valence-electron chi connectivity index (χ0n) is 56.2. The summed E-state index contributed by atoms with van der Waals surface area (Å²) in [7, 11) is 0. The predicted octanol–water partition coefficient (Wildman–Crippen LogP) is 20.3. The van der Waals surface area contributed by atoms with Gasteiger partial charge in [-0.15, -0.1) is 22.7 Å². The average molecular weight is 1240 g/mol. The molecule has 0 N–H and O–H groups in total. The van der Waals surface area contributed by atoms with E-state index in [9.17, 15) is 0 Å². The fraction of sp³-hybridized carbons (Fsp3) is 0.268. The zero-order valence-corrected chi connectivity index (χ0v) is 57.9. The first-order valence-corrected chi connectivity index (χ1v) is 33.9. The van der Waals surface area contributed by atoms with Crippen LogP contribution in [0.3, 0.4) is 0 Å². The zero-order chi connectivity index (χ0) is 64.5. The minimum Gasteiger partial charge on any atom is -0.261 e. The van der Waals surface area contributed by atoms with E-state index in [1.807, 2.05) is 79.8 Å². The van der Waals surface area contributed by atoms with Crippen LogP contribution in [-0.4, -0.2) is 39.9 Å². The highest BCUT2D eigenvalue weighted by Gasteiger charge is 2.29. The molecule has 0 unspecified atom stereocenters. The molecule has 13 aromatic rings. The molecular weight excluding hydrogens is 1160 g/mol. The van der Waals surface area contributed by atoms with Gasteiger partial charge in [0, 0.05) is 128 Å². The van der Waals surface area contributed by atoms with Gasteiger partial charge in [0.2, 0.25) is 0 Å². The van der Waals surface area contributed by atoms with Gasteiger partial charge in [0.25, 0.3) is 0 Å². The Hall–Kier alpha value is -8.96. The van der Waals surface area contributed by atoms with E-state index in [-0.39, 0.29) is 0 Å². The van der Waals surface area contributed by atoms with Crippen LogP contribution in [0.15, 0.2) is 104 Å². The number of benzene rings is 4. The molecule has 92 heavy (non-hydrogen) atoms. The quantitative estimate of drug-likeness (QED) is 0.148. The molecule has 0 spiro atoms. The number of hydrogen-bond donors (Lipinski definition) is 0. The average Bonchev–Trinajstić information content (AvgIpc) is 0.992. The summed E-state index contributed by atoms with van der Waals surface area (Å²) in [5.41, 5.74) is 45.2. The Morgan fingerprint density at radius 1 is 0.326 bits per heavy atom. The first-order valence-electron chi connectivity index (χ1n) is 32.3. The summed E-state index contributed by atoms with van der Waals surface area (Å²) >= 11 is 3.85. The van der Waals surface area contributed by atoms with Crippen LogP contribution in [0, 0.1) is 118 Å². The Bertz CT molecular complexity index is 5240. The van der Waals surface area contributed by atoms with Gasteiger partial charge in [0.15, 0.2) is 0 Å². The fourth-order valence-electron chi connectivity index (χ4n) is 14.6. The van der Waals surface area contributed by atoms with Gasteiger partial charge in [-0.1, -0.05) is 48.0 Å². The molecule has 0 aliphatic heterocycles. The summed E-state index contributed by atoms with van der Waals surface area (Å²) in [6, 6.07) is 24.4. The van der Waals surface area contributed by atoms with E-state index in [1.165, 1.54) is 191 Å². The lowest BCUT2D eigenvalue weighted by molar-refractivity contribution is 1.00. The largest absolute Gasteiger partial charge is 0.261 e. The summed E-state index contributed by atoms with van der Waals surface area (Å²) in [5, 5.41) is 5.69. The Kier molecular flexibility index (Phi) is 15.4. The molecule has 10 heteroatoms. The maximum absolute atomic E-state index is 4.76. The van der Waals surface area contributed by atoms with Crippen LogP contribution in [0.2, 0.25) is 0 Å². The van der Waals surface area contributed by atoms with Crippen molar-refractivity contribution >= 4 is 53.6 Å².